The van der Waals surface area contributed by atoms with E-state index in [0.717, 1.165) is 0 Å². The lowest BCUT2D eigenvalue weighted by Gasteiger charge is -2.08. The van der Waals surface area contributed by atoms with Gasteiger partial charge in [0.25, 0.3) is 0 Å². The van der Waals surface area contributed by atoms with Crippen LogP contribution in [-0.2, 0) is 4.79 Å². The highest BCUT2D eigenvalue weighted by atomic mass is 16.2. The molecule has 0 N–H and O–H groups in total. The number of hydrogen-bond acceptors (Lipinski definition) is 1. The quantitative estimate of drug-likeness (QED) is 0.438. The average Bonchev–Trinajstić information content (AvgIpc) is 1.90. The molecule has 0 saturated carbocycles. The van der Waals surface area contributed by atoms with Gasteiger partial charge in [0.05, 0.1) is 6.20 Å². The van der Waals surface area contributed by atoms with Crippen molar-refractivity contribution in [2.24, 2.45) is 0 Å². The third-order valence-corrected chi connectivity index (χ3v) is 1.02. The van der Waals surface area contributed by atoms with Crippen LogP contribution in [0.15, 0.2) is 30.3 Å². The number of carbonyl (C=O) groups is 1. The lowest BCUT2D eigenvalue weighted by Crippen LogP contribution is -2.15. The zero-order chi connectivity index (χ0) is 6.69. The Morgan fingerprint density at radius 3 is 2.78 bits per heavy atom. The molecule has 1 heterocycles. The summed E-state index contributed by atoms with van der Waals surface area (Å²) in [7, 11) is 0. The minimum absolute atomic E-state index is 0.00634. The molecule has 1 rings (SSSR count). The Morgan fingerprint density at radius 1 is 1.67 bits per heavy atom. The second-order valence-electron chi connectivity index (χ2n) is 1.73. The molecule has 1 aliphatic heterocycles. The van der Waals surface area contributed by atoms with E-state index in [0.29, 0.717) is 0 Å². The van der Waals surface area contributed by atoms with E-state index in [1.807, 2.05) is 0 Å². The maximum atomic E-state index is 10.6. The first-order valence-electron chi connectivity index (χ1n) is 2.69. The zero-order valence-corrected chi connectivity index (χ0v) is 5.16. The second kappa shape index (κ2) is 2.33. The highest BCUT2D eigenvalue weighted by Gasteiger charge is 1.98. The zero-order valence-electron chi connectivity index (χ0n) is 5.16. The molecule has 0 fully saturated rings. The van der Waals surface area contributed by atoms with Crippen LogP contribution in [0, 0.1) is 0 Å². The van der Waals surface area contributed by atoms with E-state index in [4.69, 9.17) is 0 Å². The van der Waals surface area contributed by atoms with Crippen LogP contribution in [0.2, 0.25) is 0 Å². The smallest absolute Gasteiger partial charge is 0.227 e. The molecule has 0 radical (unpaired) electrons. The predicted octanol–water partition coefficient (Wildman–Crippen LogP) is 1.03. The fourth-order valence-corrected chi connectivity index (χ4v) is 0.554. The molecule has 1 amide bonds. The third kappa shape index (κ3) is 1.31. The Balaban J connectivity index is 2.76. The number of carbonyl (C=O) groups excluding carboxylic acids is 1. The predicted molar refractivity (Wildman–Crippen MR) is 34.3 cm³/mol. The van der Waals surface area contributed by atoms with Crippen molar-refractivity contribution >= 4 is 5.91 Å². The fourth-order valence-electron chi connectivity index (χ4n) is 0.554. The molecule has 0 aromatic heterocycles. The van der Waals surface area contributed by atoms with Crippen molar-refractivity contribution in [1.82, 2.24) is 4.90 Å². The van der Waals surface area contributed by atoms with Crippen LogP contribution in [0.3, 0.4) is 0 Å². The molecule has 0 unspecified atom stereocenters. The summed E-state index contributed by atoms with van der Waals surface area (Å²) < 4.78 is 0. The molecular formula is C7H7NO. The molecule has 0 saturated heterocycles. The van der Waals surface area contributed by atoms with Gasteiger partial charge in [-0.1, -0.05) is 0 Å². The average molecular weight is 121 g/mol. The van der Waals surface area contributed by atoms with E-state index in [-0.39, 0.29) is 5.91 Å². The molecule has 2 heteroatoms. The van der Waals surface area contributed by atoms with Gasteiger partial charge in [0.2, 0.25) is 5.91 Å². The number of allylic oxidation sites excluding steroid dienone is 2. The number of hydrogen-bond donors (Lipinski definition) is 0. The normalized spacial score (nSPS) is 14.6. The molecule has 46 valence electrons. The van der Waals surface area contributed by atoms with E-state index >= 15 is 0 Å². The van der Waals surface area contributed by atoms with Crippen molar-refractivity contribution in [2.45, 2.75) is 6.92 Å². The van der Waals surface area contributed by atoms with Gasteiger partial charge in [0.15, 0.2) is 0 Å². The van der Waals surface area contributed by atoms with Gasteiger partial charge in [0, 0.05) is 13.1 Å². The summed E-state index contributed by atoms with van der Waals surface area (Å²) in [6.07, 6.45) is 6.81. The van der Waals surface area contributed by atoms with Gasteiger partial charge >= 0.3 is 0 Å². The number of nitrogens with zero attached hydrogens (tertiary/aromatic N) is 1. The lowest BCUT2D eigenvalue weighted by molar-refractivity contribution is -0.124. The number of amides is 1. The van der Waals surface area contributed by atoms with Crippen LogP contribution in [0.25, 0.3) is 0 Å². The molecule has 1 aliphatic rings. The van der Waals surface area contributed by atoms with Crippen molar-refractivity contribution in [2.75, 3.05) is 0 Å². The van der Waals surface area contributed by atoms with Crippen LogP contribution in [0.4, 0.5) is 0 Å². The van der Waals surface area contributed by atoms with E-state index in [1.54, 1.807) is 24.6 Å². The van der Waals surface area contributed by atoms with E-state index < -0.39 is 0 Å². The lowest BCUT2D eigenvalue weighted by atomic mass is 10.4. The van der Waals surface area contributed by atoms with Gasteiger partial charge in [-0.25, -0.2) is 0 Å². The Morgan fingerprint density at radius 2 is 2.44 bits per heavy atom. The van der Waals surface area contributed by atoms with Gasteiger partial charge in [-0.2, -0.15) is 0 Å². The van der Waals surface area contributed by atoms with Gasteiger partial charge in [-0.05, 0) is 12.2 Å². The minimum atomic E-state index is 0.00634. The van der Waals surface area contributed by atoms with Gasteiger partial charge in [-0.15, -0.1) is 5.73 Å². The standard InChI is InChI=1S/C7H7NO/c1-7(9)8-5-3-2-4-6-8/h2-3,5-6H,1H3. The first-order valence-corrected chi connectivity index (χ1v) is 2.69. The maximum Gasteiger partial charge on any atom is 0.227 e. The van der Waals surface area contributed by atoms with Crippen LogP contribution in [-0.4, -0.2) is 10.8 Å². The van der Waals surface area contributed by atoms with Crippen molar-refractivity contribution in [3.63, 3.8) is 0 Å². The molecule has 0 bridgehead atoms. The molecule has 0 atom stereocenters. The molecule has 0 aliphatic carbocycles. The van der Waals surface area contributed by atoms with Crippen molar-refractivity contribution in [3.8, 4) is 0 Å². The summed E-state index contributed by atoms with van der Waals surface area (Å²) in [5.74, 6) is 0.00634. The Hall–Kier alpha value is -1.27. The van der Waals surface area contributed by atoms with Crippen LogP contribution < -0.4 is 0 Å². The third-order valence-electron chi connectivity index (χ3n) is 1.02. The molecule has 2 nitrogen and oxygen atoms in total. The Labute approximate surface area is 53.8 Å². The van der Waals surface area contributed by atoms with Crippen LogP contribution in [0.1, 0.15) is 6.92 Å². The summed E-state index contributed by atoms with van der Waals surface area (Å²) in [6, 6.07) is 0. The molecular weight excluding hydrogens is 114 g/mol. The molecule has 0 spiro atoms. The largest absolute Gasteiger partial charge is 0.288 e. The van der Waals surface area contributed by atoms with Crippen molar-refractivity contribution < 1.29 is 4.79 Å². The minimum Gasteiger partial charge on any atom is -0.288 e. The van der Waals surface area contributed by atoms with E-state index in [1.165, 1.54) is 11.8 Å². The SMILES string of the molecule is CC(=O)N1C=C=CC=C1. The summed E-state index contributed by atoms with van der Waals surface area (Å²) >= 11 is 0. The van der Waals surface area contributed by atoms with Gasteiger partial charge in [-0.3, -0.25) is 9.69 Å². The van der Waals surface area contributed by atoms with Crippen molar-refractivity contribution in [1.29, 1.82) is 0 Å². The van der Waals surface area contributed by atoms with Gasteiger partial charge in [0.1, 0.15) is 0 Å². The summed E-state index contributed by atoms with van der Waals surface area (Å²) in [5, 5.41) is 0. The highest BCUT2D eigenvalue weighted by Crippen LogP contribution is 1.95. The van der Waals surface area contributed by atoms with Crippen molar-refractivity contribution in [3.05, 3.63) is 30.3 Å². The van der Waals surface area contributed by atoms with E-state index in [2.05, 4.69) is 5.73 Å². The fraction of sp³-hybridized carbons (Fsp3) is 0.143. The maximum absolute atomic E-state index is 10.6. The summed E-state index contributed by atoms with van der Waals surface area (Å²) in [6.45, 7) is 1.51. The monoisotopic (exact) mass is 121 g/mol. The Bertz CT molecular complexity index is 209. The first-order chi connectivity index (χ1) is 4.30. The Kier molecular flexibility index (Phi) is 1.52. The van der Waals surface area contributed by atoms with Crippen LogP contribution >= 0.6 is 0 Å². The second-order valence-corrected chi connectivity index (χ2v) is 1.73. The number of rotatable bonds is 0. The van der Waals surface area contributed by atoms with Gasteiger partial charge < -0.3 is 0 Å². The topological polar surface area (TPSA) is 20.3 Å². The first kappa shape index (κ1) is 5.86. The molecule has 9 heavy (non-hydrogen) atoms. The van der Waals surface area contributed by atoms with E-state index in [9.17, 15) is 4.79 Å². The molecule has 0 aromatic rings. The summed E-state index contributed by atoms with van der Waals surface area (Å²) in [4.78, 5) is 12.1. The molecule has 0 aromatic carbocycles. The summed E-state index contributed by atoms with van der Waals surface area (Å²) in [5.41, 5.74) is 2.78. The highest BCUT2D eigenvalue weighted by molar-refractivity contribution is 5.75. The van der Waals surface area contributed by atoms with Crippen LogP contribution in [0.5, 0.6) is 0 Å².